The zero-order valence-corrected chi connectivity index (χ0v) is 40.5. The van der Waals surface area contributed by atoms with Crippen LogP contribution in [0.5, 0.6) is 0 Å². The van der Waals surface area contributed by atoms with Gasteiger partial charge in [0.25, 0.3) is 0 Å². The van der Waals surface area contributed by atoms with Gasteiger partial charge in [0.1, 0.15) is 29.4 Å². The molecule has 2 aromatic heterocycles. The van der Waals surface area contributed by atoms with Crippen LogP contribution in [0.3, 0.4) is 0 Å². The van der Waals surface area contributed by atoms with Gasteiger partial charge in [-0.15, -0.1) is 0 Å². The molecule has 16 nitrogen and oxygen atoms in total. The molecule has 71 heavy (non-hydrogen) atoms. The predicted molar refractivity (Wildman–Crippen MR) is 263 cm³/mol. The van der Waals surface area contributed by atoms with E-state index in [1.54, 1.807) is 14.7 Å². The zero-order chi connectivity index (χ0) is 49.8. The minimum absolute atomic E-state index is 0.0636. The Morgan fingerprint density at radius 3 is 1.61 bits per heavy atom. The van der Waals surface area contributed by atoms with Crippen LogP contribution < -0.4 is 20.4 Å². The van der Waals surface area contributed by atoms with Gasteiger partial charge in [-0.1, -0.05) is 64.1 Å². The van der Waals surface area contributed by atoms with E-state index in [2.05, 4.69) is 25.5 Å². The normalized spacial score (nSPS) is 20.9. The van der Waals surface area contributed by atoms with Crippen molar-refractivity contribution in [3.63, 3.8) is 0 Å². The fraction of sp³-hybridized carbons (Fsp3) is 0.434. The summed E-state index contributed by atoms with van der Waals surface area (Å²) in [5.41, 5.74) is 7.13. The summed E-state index contributed by atoms with van der Waals surface area (Å²) in [6, 6.07) is 19.7. The summed E-state index contributed by atoms with van der Waals surface area (Å²) in [6.45, 7) is 9.17. The van der Waals surface area contributed by atoms with E-state index < -0.39 is 35.9 Å². The monoisotopic (exact) mass is 970 g/mol. The van der Waals surface area contributed by atoms with E-state index in [0.29, 0.717) is 80.2 Å². The second-order valence-corrected chi connectivity index (χ2v) is 20.1. The number of fused-ring (bicyclic) bond motifs is 3. The van der Waals surface area contributed by atoms with Crippen LogP contribution in [-0.2, 0) is 27.4 Å². The number of alkyl carbamates (subject to hydrolysis) is 1. The molecule has 0 aliphatic carbocycles. The summed E-state index contributed by atoms with van der Waals surface area (Å²) in [5, 5.41) is 14.6. The molecular weight excluding hydrogens is 911 g/mol. The molecule has 0 spiro atoms. The lowest BCUT2D eigenvalue weighted by atomic mass is 10.0. The predicted octanol–water partition coefficient (Wildman–Crippen LogP) is 9.32. The number of hydrogen-bond donors (Lipinski definition) is 5. The number of H-pyrrole nitrogens is 2. The molecular formula is C53H60F2N10O6. The highest BCUT2D eigenvalue weighted by molar-refractivity contribution is 5.87. The fourth-order valence-electron chi connectivity index (χ4n) is 11.5. The maximum absolute atomic E-state index is 16.7. The third-order valence-electron chi connectivity index (χ3n) is 15.0. The molecule has 4 amide bonds. The van der Waals surface area contributed by atoms with Gasteiger partial charge in [0.15, 0.2) is 11.6 Å². The first-order valence-corrected chi connectivity index (χ1v) is 24.7. The number of amides is 4. The number of imidazole rings is 2. The lowest BCUT2D eigenvalue weighted by Gasteiger charge is -2.34. The average Bonchev–Trinajstić information content (AvgIpc) is 4.21. The van der Waals surface area contributed by atoms with Crippen molar-refractivity contribution in [3.05, 3.63) is 118 Å². The number of methoxy groups -OCH3 is 1. The van der Waals surface area contributed by atoms with Gasteiger partial charge in [0, 0.05) is 31.9 Å². The Balaban J connectivity index is 0.979. The van der Waals surface area contributed by atoms with Crippen LogP contribution in [0.25, 0.3) is 22.1 Å². The van der Waals surface area contributed by atoms with E-state index in [-0.39, 0.29) is 53.5 Å². The van der Waals surface area contributed by atoms with E-state index in [1.165, 1.54) is 19.2 Å². The number of nitrogens with zero attached hydrogens (tertiary/aromatic N) is 6. The summed E-state index contributed by atoms with van der Waals surface area (Å²) in [5.74, 6) is -0.974. The van der Waals surface area contributed by atoms with Crippen molar-refractivity contribution in [1.82, 2.24) is 40.4 Å². The van der Waals surface area contributed by atoms with Crippen molar-refractivity contribution in [2.24, 2.45) is 11.8 Å². The number of aromatic nitrogens is 4. The van der Waals surface area contributed by atoms with Gasteiger partial charge in [-0.2, -0.15) is 0 Å². The Morgan fingerprint density at radius 2 is 1.15 bits per heavy atom. The number of halogens is 2. The molecule has 0 saturated carbocycles. The van der Waals surface area contributed by atoms with Crippen molar-refractivity contribution >= 4 is 57.4 Å². The van der Waals surface area contributed by atoms with E-state index in [0.717, 1.165) is 46.1 Å². The zero-order valence-electron chi connectivity index (χ0n) is 40.5. The highest BCUT2D eigenvalue weighted by Gasteiger charge is 2.41. The lowest BCUT2D eigenvalue weighted by Crippen LogP contribution is -2.51. The third-order valence-corrected chi connectivity index (χ3v) is 15.0. The largest absolute Gasteiger partial charge is 0.465 e. The number of nitrogens with one attached hydrogen (secondary N) is 4. The Morgan fingerprint density at radius 1 is 0.676 bits per heavy atom. The summed E-state index contributed by atoms with van der Waals surface area (Å²) in [4.78, 5) is 75.9. The molecule has 4 aromatic carbocycles. The topological polar surface area (TPSA) is 192 Å². The summed E-state index contributed by atoms with van der Waals surface area (Å²) in [7, 11) is 1.27. The number of benzene rings is 4. The number of rotatable bonds is 12. The average molecular weight is 971 g/mol. The van der Waals surface area contributed by atoms with Gasteiger partial charge in [0.05, 0.1) is 53.3 Å². The molecule has 3 saturated heterocycles. The minimum atomic E-state index is -1.25. The highest BCUT2D eigenvalue weighted by Crippen LogP contribution is 2.49. The lowest BCUT2D eigenvalue weighted by molar-refractivity contribution is -0.136. The molecule has 6 atom stereocenters. The summed E-state index contributed by atoms with van der Waals surface area (Å²) >= 11 is 0. The number of anilines is 2. The maximum atomic E-state index is 16.7. The summed E-state index contributed by atoms with van der Waals surface area (Å²) in [6.07, 6.45) is 2.25. The number of ether oxygens (including phenoxy) is 1. The van der Waals surface area contributed by atoms with Gasteiger partial charge < -0.3 is 50.0 Å². The van der Waals surface area contributed by atoms with Crippen molar-refractivity contribution < 1.29 is 37.8 Å². The van der Waals surface area contributed by atoms with Gasteiger partial charge >= 0.3 is 12.2 Å². The van der Waals surface area contributed by atoms with Crippen molar-refractivity contribution in [3.8, 4) is 0 Å². The second kappa shape index (κ2) is 19.2. The number of hydrogen-bond acceptors (Lipinski definition) is 9. The van der Waals surface area contributed by atoms with E-state index in [9.17, 15) is 24.3 Å². The van der Waals surface area contributed by atoms with Crippen LogP contribution in [0.4, 0.5) is 29.7 Å². The number of carbonyl (C=O) groups is 4. The number of carbonyl (C=O) groups excluding carboxylic acids is 3. The Kier molecular flexibility index (Phi) is 12.8. The second-order valence-electron chi connectivity index (χ2n) is 20.1. The van der Waals surface area contributed by atoms with Crippen LogP contribution in [0.2, 0.25) is 0 Å². The molecule has 4 aliphatic rings. The van der Waals surface area contributed by atoms with Crippen LogP contribution >= 0.6 is 0 Å². The van der Waals surface area contributed by atoms with Gasteiger partial charge in [-0.25, -0.2) is 28.3 Å². The molecule has 0 radical (unpaired) electrons. The van der Waals surface area contributed by atoms with Crippen molar-refractivity contribution in [1.29, 1.82) is 0 Å². The molecule has 4 aliphatic heterocycles. The summed E-state index contributed by atoms with van der Waals surface area (Å²) < 4.78 is 38.2. The Bertz CT molecular complexity index is 2980. The Labute approximate surface area is 410 Å². The molecule has 0 unspecified atom stereocenters. The van der Waals surface area contributed by atoms with Crippen LogP contribution in [0, 0.1) is 23.5 Å². The smallest absolute Gasteiger partial charge is 0.407 e. The van der Waals surface area contributed by atoms with Gasteiger partial charge in [-0.3, -0.25) is 9.59 Å². The van der Waals surface area contributed by atoms with E-state index >= 15 is 8.78 Å². The number of likely N-dealkylation sites (tertiary alicyclic amines) is 2. The molecule has 6 aromatic rings. The maximum Gasteiger partial charge on any atom is 0.407 e. The molecule has 5 N–H and O–H groups in total. The van der Waals surface area contributed by atoms with Gasteiger partial charge in [-0.05, 0) is 109 Å². The van der Waals surface area contributed by atoms with Crippen molar-refractivity contribution in [2.75, 3.05) is 30.0 Å². The van der Waals surface area contributed by atoms with E-state index in [1.807, 2.05) is 88.4 Å². The van der Waals surface area contributed by atoms with Crippen molar-refractivity contribution in [2.45, 2.75) is 116 Å². The molecule has 18 heteroatoms. The van der Waals surface area contributed by atoms with Gasteiger partial charge in [0.2, 0.25) is 11.8 Å². The van der Waals surface area contributed by atoms with E-state index in [4.69, 9.17) is 14.7 Å². The third kappa shape index (κ3) is 8.97. The molecule has 372 valence electrons. The fourth-order valence-corrected chi connectivity index (χ4v) is 11.5. The molecule has 10 rings (SSSR count). The van der Waals surface area contributed by atoms with Crippen LogP contribution in [0.1, 0.15) is 124 Å². The molecule has 3 fully saturated rings. The SMILES string of the molecule is COC(=O)N[C@H](C(=O)N1CCC[C@H]1c1nc2cc([C@H]3CC[C@H](c4ccc5[nH]c([C@@H]6CCCN6C(=O)[C@@H](NC(=O)O)C(C)C)nc5c4)N3c3cc(F)c(N4Cc5ccccc5C4)c(F)c3)ccc2[nH]1)C(C)C. The standard InChI is InChI=1S/C53H60F2N10O6/c1-28(2)45(60-52(68)69)50(66)63-20-8-12-43(63)48-56-37-16-14-30(22-39(37)58-48)41-18-19-42(65(41)34-24-35(54)47(36(55)25-34)62-26-32-10-6-7-11-33(32)27-62)31-15-17-38-40(23-31)59-49(57-38)44-13-9-21-64(44)51(67)46(29(3)4)61-53(70)71-5/h6-7,10-11,14-17,22-25,28-29,41-46,60H,8-9,12-13,18-21,26-27H2,1-5H3,(H,56,58)(H,57,59)(H,61,70)(H,68,69)/t41-,42-,43+,44+,45+,46+/m1/s1. The molecule has 0 bridgehead atoms. The van der Waals surface area contributed by atoms with Crippen LogP contribution in [-0.4, -0.2) is 91.1 Å². The minimum Gasteiger partial charge on any atom is -0.465 e. The number of carboxylic acid groups (broad SMARTS) is 1. The van der Waals surface area contributed by atoms with Crippen LogP contribution in [0.15, 0.2) is 72.8 Å². The highest BCUT2D eigenvalue weighted by atomic mass is 19.1. The molecule has 6 heterocycles. The first kappa shape index (κ1) is 47.4. The Hall–Kier alpha value is -7.24. The quantitative estimate of drug-likeness (QED) is 0.0790. The first-order chi connectivity index (χ1) is 34.2. The number of aromatic amines is 2. The first-order valence-electron chi connectivity index (χ1n) is 24.7.